The molecular formula is C10H10F3NO3S2. The Labute approximate surface area is 115 Å². The standard InChI is InChI=1S/C10H10F3NO3S2/c11-10(12,13)4-3-6-8(17)14(9(18)19-6)5-1-2-7(15)16/h3-4,17H,1-2,5H2,(H,15,16). The second-order valence-electron chi connectivity index (χ2n) is 3.58. The molecule has 106 valence electrons. The van der Waals surface area contributed by atoms with Crippen molar-refractivity contribution in [2.75, 3.05) is 0 Å². The molecule has 0 amide bonds. The van der Waals surface area contributed by atoms with Gasteiger partial charge in [-0.25, -0.2) is 0 Å². The number of carboxylic acids is 1. The van der Waals surface area contributed by atoms with E-state index in [4.69, 9.17) is 17.3 Å². The van der Waals surface area contributed by atoms with Crippen LogP contribution in [-0.2, 0) is 11.3 Å². The summed E-state index contributed by atoms with van der Waals surface area (Å²) in [5.41, 5.74) is 0. The quantitative estimate of drug-likeness (QED) is 0.818. The maximum atomic E-state index is 12.0. The average molecular weight is 313 g/mol. The van der Waals surface area contributed by atoms with Gasteiger partial charge in [-0.15, -0.1) is 11.3 Å². The van der Waals surface area contributed by atoms with Crippen LogP contribution in [0.5, 0.6) is 5.88 Å². The fourth-order valence-electron chi connectivity index (χ4n) is 1.28. The van der Waals surface area contributed by atoms with Crippen LogP contribution < -0.4 is 0 Å². The second-order valence-corrected chi connectivity index (χ2v) is 5.26. The van der Waals surface area contributed by atoms with Crippen molar-refractivity contribution in [2.24, 2.45) is 0 Å². The molecule has 0 aliphatic carbocycles. The van der Waals surface area contributed by atoms with Crippen LogP contribution in [0.1, 0.15) is 17.7 Å². The minimum atomic E-state index is -4.47. The Balaban J connectivity index is 2.86. The molecule has 4 nitrogen and oxygen atoms in total. The maximum Gasteiger partial charge on any atom is 0.409 e. The summed E-state index contributed by atoms with van der Waals surface area (Å²) in [5.74, 6) is -1.36. The maximum absolute atomic E-state index is 12.0. The van der Waals surface area contributed by atoms with E-state index >= 15 is 0 Å². The molecule has 0 saturated carbocycles. The molecule has 0 aliphatic heterocycles. The molecule has 0 atom stereocenters. The lowest BCUT2D eigenvalue weighted by Gasteiger charge is -2.03. The first-order valence-corrected chi connectivity index (χ1v) is 6.33. The summed E-state index contributed by atoms with van der Waals surface area (Å²) in [6.45, 7) is 0.146. The van der Waals surface area contributed by atoms with Gasteiger partial charge in [-0.05, 0) is 24.7 Å². The van der Waals surface area contributed by atoms with Crippen molar-refractivity contribution in [3.05, 3.63) is 14.9 Å². The lowest BCUT2D eigenvalue weighted by molar-refractivity contribution is -0.137. The van der Waals surface area contributed by atoms with E-state index in [1.165, 1.54) is 4.57 Å². The number of hydrogen-bond donors (Lipinski definition) is 2. The minimum absolute atomic E-state index is 0.00218. The number of halogens is 3. The molecule has 0 spiro atoms. The smallest absolute Gasteiger partial charge is 0.409 e. The summed E-state index contributed by atoms with van der Waals surface area (Å²) in [6.07, 6.45) is -3.59. The normalized spacial score (nSPS) is 12.2. The van der Waals surface area contributed by atoms with E-state index < -0.39 is 12.1 Å². The number of aromatic nitrogens is 1. The van der Waals surface area contributed by atoms with E-state index in [0.717, 1.165) is 17.4 Å². The van der Waals surface area contributed by atoms with Crippen molar-refractivity contribution in [2.45, 2.75) is 25.6 Å². The van der Waals surface area contributed by atoms with Gasteiger partial charge >= 0.3 is 12.1 Å². The van der Waals surface area contributed by atoms with Crippen LogP contribution in [0.25, 0.3) is 6.08 Å². The highest BCUT2D eigenvalue weighted by atomic mass is 32.1. The molecule has 0 saturated heterocycles. The first-order valence-electron chi connectivity index (χ1n) is 5.11. The highest BCUT2D eigenvalue weighted by molar-refractivity contribution is 7.73. The average Bonchev–Trinajstić information content (AvgIpc) is 2.52. The third kappa shape index (κ3) is 5.03. The lowest BCUT2D eigenvalue weighted by Crippen LogP contribution is -2.02. The first-order chi connectivity index (χ1) is 8.70. The SMILES string of the molecule is O=C(O)CCCn1c(O)c(C=CC(F)(F)F)sc1=S. The zero-order valence-corrected chi connectivity index (χ0v) is 11.1. The van der Waals surface area contributed by atoms with Gasteiger partial charge in [0.25, 0.3) is 0 Å². The van der Waals surface area contributed by atoms with Gasteiger partial charge in [0.05, 0.1) is 4.88 Å². The van der Waals surface area contributed by atoms with Gasteiger partial charge in [0.15, 0.2) is 3.95 Å². The lowest BCUT2D eigenvalue weighted by atomic mass is 10.3. The number of carboxylic acid groups (broad SMARTS) is 1. The summed E-state index contributed by atoms with van der Waals surface area (Å²) in [5, 5.41) is 18.2. The van der Waals surface area contributed by atoms with Crippen LogP contribution in [0.15, 0.2) is 6.08 Å². The van der Waals surface area contributed by atoms with E-state index in [-0.39, 0.29) is 40.2 Å². The van der Waals surface area contributed by atoms with Crippen LogP contribution in [0.3, 0.4) is 0 Å². The zero-order valence-electron chi connectivity index (χ0n) is 9.48. The Kier molecular flexibility index (Phi) is 5.12. The topological polar surface area (TPSA) is 62.5 Å². The fourth-order valence-corrected chi connectivity index (χ4v) is 2.54. The molecule has 0 fully saturated rings. The summed E-state index contributed by atoms with van der Waals surface area (Å²) in [6, 6.07) is 0. The number of rotatable bonds is 5. The van der Waals surface area contributed by atoms with Gasteiger partial charge in [-0.3, -0.25) is 9.36 Å². The van der Waals surface area contributed by atoms with Gasteiger partial charge in [0, 0.05) is 19.0 Å². The van der Waals surface area contributed by atoms with Gasteiger partial charge in [-0.2, -0.15) is 13.2 Å². The number of alkyl halides is 3. The Morgan fingerprint density at radius 2 is 2.11 bits per heavy atom. The van der Waals surface area contributed by atoms with Crippen molar-refractivity contribution in [3.63, 3.8) is 0 Å². The monoisotopic (exact) mass is 313 g/mol. The van der Waals surface area contributed by atoms with E-state index in [2.05, 4.69) is 0 Å². The van der Waals surface area contributed by atoms with Crippen molar-refractivity contribution in [1.82, 2.24) is 4.57 Å². The van der Waals surface area contributed by atoms with E-state index in [0.29, 0.717) is 0 Å². The van der Waals surface area contributed by atoms with Crippen molar-refractivity contribution >= 4 is 35.6 Å². The Morgan fingerprint density at radius 3 is 2.63 bits per heavy atom. The van der Waals surface area contributed by atoms with Crippen LogP contribution in [-0.4, -0.2) is 26.9 Å². The Bertz CT molecular complexity index is 545. The molecule has 0 unspecified atom stereocenters. The number of nitrogens with zero attached hydrogens (tertiary/aromatic N) is 1. The summed E-state index contributed by atoms with van der Waals surface area (Å²) >= 11 is 5.74. The van der Waals surface area contributed by atoms with E-state index in [1.807, 2.05) is 0 Å². The number of hydrogen-bond acceptors (Lipinski definition) is 4. The predicted molar refractivity (Wildman–Crippen MR) is 66.8 cm³/mol. The zero-order chi connectivity index (χ0) is 14.6. The molecule has 0 aliphatic rings. The highest BCUT2D eigenvalue weighted by Gasteiger charge is 2.22. The second kappa shape index (κ2) is 6.20. The molecule has 0 radical (unpaired) electrons. The van der Waals surface area contributed by atoms with Gasteiger partial charge in [-0.1, -0.05) is 0 Å². The highest BCUT2D eigenvalue weighted by Crippen LogP contribution is 2.29. The molecule has 9 heteroatoms. The molecule has 1 aromatic heterocycles. The largest absolute Gasteiger partial charge is 0.493 e. The van der Waals surface area contributed by atoms with Gasteiger partial charge in [0.2, 0.25) is 5.88 Å². The molecule has 0 bridgehead atoms. The fraction of sp³-hybridized carbons (Fsp3) is 0.400. The summed E-state index contributed by atoms with van der Waals surface area (Å²) < 4.78 is 37.4. The van der Waals surface area contributed by atoms with Gasteiger partial charge < -0.3 is 10.2 Å². The molecular weight excluding hydrogens is 303 g/mol. The number of aromatic hydroxyl groups is 1. The van der Waals surface area contributed by atoms with E-state index in [9.17, 15) is 23.1 Å². The van der Waals surface area contributed by atoms with Crippen LogP contribution >= 0.6 is 23.6 Å². The van der Waals surface area contributed by atoms with Crippen LogP contribution in [0.2, 0.25) is 0 Å². The molecule has 0 aromatic carbocycles. The molecule has 19 heavy (non-hydrogen) atoms. The van der Waals surface area contributed by atoms with Crippen molar-refractivity contribution in [3.8, 4) is 5.88 Å². The van der Waals surface area contributed by atoms with Crippen molar-refractivity contribution in [1.29, 1.82) is 0 Å². The number of allylic oxidation sites excluding steroid dienone is 1. The summed E-state index contributed by atoms with van der Waals surface area (Å²) in [4.78, 5) is 10.3. The molecule has 1 rings (SSSR count). The summed E-state index contributed by atoms with van der Waals surface area (Å²) in [7, 11) is 0. The molecule has 1 aromatic rings. The Morgan fingerprint density at radius 1 is 1.47 bits per heavy atom. The number of aliphatic carboxylic acids is 1. The third-order valence-corrected chi connectivity index (χ3v) is 3.49. The third-order valence-electron chi connectivity index (χ3n) is 2.09. The number of carbonyl (C=O) groups is 1. The molecule has 1 heterocycles. The van der Waals surface area contributed by atoms with Crippen molar-refractivity contribution < 1.29 is 28.2 Å². The minimum Gasteiger partial charge on any atom is -0.493 e. The molecule has 2 N–H and O–H groups in total. The van der Waals surface area contributed by atoms with Crippen LogP contribution in [0, 0.1) is 3.95 Å². The number of thiazole rings is 1. The van der Waals surface area contributed by atoms with Gasteiger partial charge in [0.1, 0.15) is 0 Å². The predicted octanol–water partition coefficient (Wildman–Crippen LogP) is 3.42. The first kappa shape index (κ1) is 15.7. The van der Waals surface area contributed by atoms with Crippen LogP contribution in [0.4, 0.5) is 13.2 Å². The van der Waals surface area contributed by atoms with E-state index in [1.54, 1.807) is 0 Å². The Hall–Kier alpha value is -1.35.